The molecule has 1 amide bonds. The van der Waals surface area contributed by atoms with Gasteiger partial charge in [-0.3, -0.25) is 4.79 Å². The first kappa shape index (κ1) is 13.9. The van der Waals surface area contributed by atoms with Crippen LogP contribution < -0.4 is 5.32 Å². The molecule has 0 fully saturated rings. The molecule has 0 saturated carbocycles. The van der Waals surface area contributed by atoms with Gasteiger partial charge in [-0.15, -0.1) is 0 Å². The van der Waals surface area contributed by atoms with Crippen LogP contribution in [0, 0.1) is 0 Å². The van der Waals surface area contributed by atoms with E-state index >= 15 is 0 Å². The maximum Gasteiger partial charge on any atom is 0.416 e. The molecule has 0 bridgehead atoms. The highest BCUT2D eigenvalue weighted by Crippen LogP contribution is 2.28. The van der Waals surface area contributed by atoms with Crippen molar-refractivity contribution < 1.29 is 18.0 Å². The molecule has 0 aromatic heterocycles. The number of halogens is 3. The smallest absolute Gasteiger partial charge is 0.351 e. The fourth-order valence-corrected chi connectivity index (χ4v) is 1.56. The quantitative estimate of drug-likeness (QED) is 0.905. The van der Waals surface area contributed by atoms with Crippen LogP contribution in [0.1, 0.15) is 11.1 Å². The Bertz CT molecular complexity index is 375. The maximum absolute atomic E-state index is 12.3. The van der Waals surface area contributed by atoms with E-state index in [2.05, 4.69) is 5.32 Å². The molecule has 6 heteroatoms. The molecule has 1 N–H and O–H groups in total. The number of carbonyl (C=O) groups excluding carboxylic acids is 1. The molecule has 17 heavy (non-hydrogen) atoms. The lowest BCUT2D eigenvalue weighted by atomic mass is 10.1. The van der Waals surface area contributed by atoms with Gasteiger partial charge in [-0.1, -0.05) is 12.1 Å². The number of rotatable bonds is 4. The Labute approximate surface area is 102 Å². The molecule has 0 aliphatic rings. The molecule has 0 spiro atoms. The third kappa shape index (κ3) is 4.68. The van der Waals surface area contributed by atoms with Gasteiger partial charge in [0.15, 0.2) is 0 Å². The summed E-state index contributed by atoms with van der Waals surface area (Å²) in [5.41, 5.74) is -0.0378. The standard InChI is InChI=1S/C11H12F3NOS/c1-17-7-10(16)15-6-8-2-4-9(5-3-8)11(12,13)14/h2-5H,6-7H2,1H3,(H,15,16). The Balaban J connectivity index is 2.54. The maximum atomic E-state index is 12.3. The number of nitrogens with one attached hydrogen (secondary N) is 1. The molecule has 1 rings (SSSR count). The molecule has 0 aliphatic heterocycles. The number of hydrogen-bond donors (Lipinski definition) is 1. The molecule has 1 aromatic rings. The first-order valence-corrected chi connectivity index (χ1v) is 6.24. The normalized spacial score (nSPS) is 11.3. The topological polar surface area (TPSA) is 29.1 Å². The van der Waals surface area contributed by atoms with Gasteiger partial charge in [-0.25, -0.2) is 0 Å². The van der Waals surface area contributed by atoms with Crippen molar-refractivity contribution >= 4 is 17.7 Å². The zero-order valence-electron chi connectivity index (χ0n) is 9.17. The summed E-state index contributed by atoms with van der Waals surface area (Å²) in [7, 11) is 0. The summed E-state index contributed by atoms with van der Waals surface area (Å²) in [6.45, 7) is 0.248. The van der Waals surface area contributed by atoms with Crippen molar-refractivity contribution in [3.8, 4) is 0 Å². The SMILES string of the molecule is CSCC(=O)NCc1ccc(C(F)(F)F)cc1. The molecule has 0 saturated heterocycles. The Morgan fingerprint density at radius 1 is 1.29 bits per heavy atom. The Kier molecular flexibility index (Phi) is 4.86. The fourth-order valence-electron chi connectivity index (χ4n) is 1.19. The molecule has 0 atom stereocenters. The zero-order chi connectivity index (χ0) is 12.9. The van der Waals surface area contributed by atoms with Crippen LogP contribution in [-0.2, 0) is 17.5 Å². The third-order valence-electron chi connectivity index (χ3n) is 2.05. The van der Waals surface area contributed by atoms with Gasteiger partial charge in [0, 0.05) is 6.54 Å². The van der Waals surface area contributed by atoms with Gasteiger partial charge in [0.1, 0.15) is 0 Å². The van der Waals surface area contributed by atoms with E-state index in [4.69, 9.17) is 0 Å². The number of thioether (sulfide) groups is 1. The average molecular weight is 263 g/mol. The van der Waals surface area contributed by atoms with Crippen LogP contribution >= 0.6 is 11.8 Å². The lowest BCUT2D eigenvalue weighted by Gasteiger charge is -2.08. The van der Waals surface area contributed by atoms with Crippen LogP contribution in [0.4, 0.5) is 13.2 Å². The molecule has 0 heterocycles. The van der Waals surface area contributed by atoms with E-state index in [1.807, 2.05) is 0 Å². The second-order valence-electron chi connectivity index (χ2n) is 3.40. The van der Waals surface area contributed by atoms with Gasteiger partial charge >= 0.3 is 6.18 Å². The van der Waals surface area contributed by atoms with Crippen LogP contribution in [0.3, 0.4) is 0 Å². The summed E-state index contributed by atoms with van der Waals surface area (Å²) < 4.78 is 36.8. The monoisotopic (exact) mass is 263 g/mol. The van der Waals surface area contributed by atoms with Gasteiger partial charge in [0.05, 0.1) is 11.3 Å². The van der Waals surface area contributed by atoms with Crippen molar-refractivity contribution in [1.82, 2.24) is 5.32 Å². The summed E-state index contributed by atoms with van der Waals surface area (Å²) in [6, 6.07) is 4.75. The van der Waals surface area contributed by atoms with Gasteiger partial charge in [-0.05, 0) is 24.0 Å². The van der Waals surface area contributed by atoms with Crippen LogP contribution in [0.25, 0.3) is 0 Å². The second-order valence-corrected chi connectivity index (χ2v) is 4.27. The summed E-state index contributed by atoms with van der Waals surface area (Å²) in [5, 5.41) is 2.62. The molecule has 0 aliphatic carbocycles. The van der Waals surface area contributed by atoms with E-state index in [0.717, 1.165) is 12.1 Å². The molecule has 1 aromatic carbocycles. The van der Waals surface area contributed by atoms with E-state index in [-0.39, 0.29) is 12.5 Å². The fraction of sp³-hybridized carbons (Fsp3) is 0.364. The van der Waals surface area contributed by atoms with E-state index in [0.29, 0.717) is 11.3 Å². The van der Waals surface area contributed by atoms with E-state index in [1.54, 1.807) is 6.26 Å². The summed E-state index contributed by atoms with van der Waals surface area (Å²) in [5.74, 6) is 0.220. The van der Waals surface area contributed by atoms with E-state index in [9.17, 15) is 18.0 Å². The Morgan fingerprint density at radius 3 is 2.35 bits per heavy atom. The molecule has 94 valence electrons. The van der Waals surface area contributed by atoms with Gasteiger partial charge < -0.3 is 5.32 Å². The minimum absolute atomic E-state index is 0.127. The minimum atomic E-state index is -4.32. The molecule has 0 unspecified atom stereocenters. The van der Waals surface area contributed by atoms with Crippen molar-refractivity contribution in [2.24, 2.45) is 0 Å². The van der Waals surface area contributed by atoms with Crippen molar-refractivity contribution in [2.45, 2.75) is 12.7 Å². The number of hydrogen-bond acceptors (Lipinski definition) is 2. The first-order chi connectivity index (χ1) is 7.93. The molecular weight excluding hydrogens is 251 g/mol. The van der Waals surface area contributed by atoms with Crippen molar-refractivity contribution in [1.29, 1.82) is 0 Å². The summed E-state index contributed by atoms with van der Waals surface area (Å²) >= 11 is 1.39. The van der Waals surface area contributed by atoms with Crippen LogP contribution in [0.2, 0.25) is 0 Å². The van der Waals surface area contributed by atoms with Crippen molar-refractivity contribution in [3.05, 3.63) is 35.4 Å². The van der Waals surface area contributed by atoms with Gasteiger partial charge in [-0.2, -0.15) is 24.9 Å². The van der Waals surface area contributed by atoms with Gasteiger partial charge in [0.25, 0.3) is 0 Å². The lowest BCUT2D eigenvalue weighted by Crippen LogP contribution is -2.24. The molecule has 0 radical (unpaired) electrons. The third-order valence-corrected chi connectivity index (χ3v) is 2.60. The van der Waals surface area contributed by atoms with E-state index < -0.39 is 11.7 Å². The van der Waals surface area contributed by atoms with Crippen molar-refractivity contribution in [3.63, 3.8) is 0 Å². The Morgan fingerprint density at radius 2 is 1.88 bits per heavy atom. The van der Waals surface area contributed by atoms with E-state index in [1.165, 1.54) is 23.9 Å². The first-order valence-electron chi connectivity index (χ1n) is 4.85. The van der Waals surface area contributed by atoms with Gasteiger partial charge in [0.2, 0.25) is 5.91 Å². The highest BCUT2D eigenvalue weighted by Gasteiger charge is 2.29. The highest BCUT2D eigenvalue weighted by atomic mass is 32.2. The van der Waals surface area contributed by atoms with Crippen LogP contribution in [0.15, 0.2) is 24.3 Å². The summed E-state index contributed by atoms with van der Waals surface area (Å²) in [4.78, 5) is 11.1. The average Bonchev–Trinajstić information content (AvgIpc) is 2.26. The second kappa shape index (κ2) is 5.95. The summed E-state index contributed by atoms with van der Waals surface area (Å²) in [6.07, 6.45) is -2.52. The highest BCUT2D eigenvalue weighted by molar-refractivity contribution is 7.99. The lowest BCUT2D eigenvalue weighted by molar-refractivity contribution is -0.137. The largest absolute Gasteiger partial charge is 0.416 e. The zero-order valence-corrected chi connectivity index (χ0v) is 9.99. The molecule has 2 nitrogen and oxygen atoms in total. The predicted octanol–water partition coefficient (Wildman–Crippen LogP) is 2.68. The molecular formula is C11H12F3NOS. The predicted molar refractivity (Wildman–Crippen MR) is 61.7 cm³/mol. The van der Waals surface area contributed by atoms with Crippen LogP contribution in [0.5, 0.6) is 0 Å². The van der Waals surface area contributed by atoms with Crippen molar-refractivity contribution in [2.75, 3.05) is 12.0 Å². The van der Waals surface area contributed by atoms with Crippen LogP contribution in [-0.4, -0.2) is 17.9 Å². The minimum Gasteiger partial charge on any atom is -0.351 e. The number of alkyl halides is 3. The number of benzene rings is 1. The number of amides is 1. The number of carbonyl (C=O) groups is 1. The Hall–Kier alpha value is -1.17.